The van der Waals surface area contributed by atoms with Gasteiger partial charge in [0.2, 0.25) is 0 Å². The molecule has 0 saturated heterocycles. The molecule has 4 nitrogen and oxygen atoms in total. The zero-order valence-electron chi connectivity index (χ0n) is 9.37. The van der Waals surface area contributed by atoms with E-state index in [1.165, 1.54) is 18.9 Å². The summed E-state index contributed by atoms with van der Waals surface area (Å²) in [5.74, 6) is 1.42. The average Bonchev–Trinajstić information content (AvgIpc) is 2.68. The number of benzene rings is 1. The maximum absolute atomic E-state index is 10.7. The lowest BCUT2D eigenvalue weighted by atomic mass is 9.71. The molecule has 2 aliphatic rings. The number of non-ortho nitro benzene ring substituents is 1. The van der Waals surface area contributed by atoms with Gasteiger partial charge in [0.25, 0.3) is 5.69 Å². The number of anilines is 1. The summed E-state index contributed by atoms with van der Waals surface area (Å²) in [5.41, 5.74) is 0.996. The Labute approximate surface area is 99.5 Å². The molecule has 2 aliphatic carbocycles. The highest BCUT2D eigenvalue weighted by molar-refractivity contribution is 5.52. The van der Waals surface area contributed by atoms with Crippen molar-refractivity contribution in [3.8, 4) is 0 Å². The zero-order valence-corrected chi connectivity index (χ0v) is 9.37. The van der Waals surface area contributed by atoms with E-state index in [0.29, 0.717) is 12.0 Å². The molecule has 1 aromatic carbocycles. The summed E-state index contributed by atoms with van der Waals surface area (Å²) < 4.78 is 0. The summed E-state index contributed by atoms with van der Waals surface area (Å²) in [6.07, 6.45) is 6.87. The Kier molecular flexibility index (Phi) is 2.35. The van der Waals surface area contributed by atoms with Crippen LogP contribution < -0.4 is 5.32 Å². The predicted octanol–water partition coefficient (Wildman–Crippen LogP) is 2.97. The molecule has 0 amide bonds. The number of hydrogen-bond acceptors (Lipinski definition) is 3. The number of nitro groups is 1. The van der Waals surface area contributed by atoms with Gasteiger partial charge in [0, 0.05) is 29.8 Å². The minimum atomic E-state index is -0.357. The smallest absolute Gasteiger partial charge is 0.271 e. The number of allylic oxidation sites excluding steroid dienone is 1. The number of nitrogens with zero attached hydrogens (tertiary/aromatic N) is 1. The molecule has 4 heteroatoms. The van der Waals surface area contributed by atoms with Gasteiger partial charge in [-0.15, -0.1) is 0 Å². The monoisotopic (exact) mass is 230 g/mol. The summed E-state index contributed by atoms with van der Waals surface area (Å²) in [4.78, 5) is 10.3. The first-order valence-electron chi connectivity index (χ1n) is 5.92. The number of rotatable bonds is 3. The third-order valence-electron chi connectivity index (χ3n) is 3.77. The zero-order chi connectivity index (χ0) is 11.8. The first-order chi connectivity index (χ1) is 8.24. The Morgan fingerprint density at radius 2 is 2.29 bits per heavy atom. The van der Waals surface area contributed by atoms with Crippen molar-refractivity contribution in [1.82, 2.24) is 0 Å². The number of hydrogen-bond donors (Lipinski definition) is 1. The Balaban J connectivity index is 1.71. The quantitative estimate of drug-likeness (QED) is 0.493. The third-order valence-corrected chi connectivity index (χ3v) is 3.77. The Bertz CT molecular complexity index is 484. The number of nitrogens with one attached hydrogen (secondary N) is 1. The first-order valence-corrected chi connectivity index (χ1v) is 5.92. The molecule has 0 spiro atoms. The molecule has 1 fully saturated rings. The van der Waals surface area contributed by atoms with Crippen LogP contribution in [0.5, 0.6) is 0 Å². The molecule has 0 aromatic heterocycles. The van der Waals surface area contributed by atoms with E-state index in [1.807, 2.05) is 6.07 Å². The van der Waals surface area contributed by atoms with Gasteiger partial charge in [-0.25, -0.2) is 0 Å². The largest absolute Gasteiger partial charge is 0.381 e. The van der Waals surface area contributed by atoms with E-state index in [2.05, 4.69) is 17.5 Å². The van der Waals surface area contributed by atoms with Gasteiger partial charge in [0.05, 0.1) is 4.92 Å². The summed E-state index contributed by atoms with van der Waals surface area (Å²) >= 11 is 0. The lowest BCUT2D eigenvalue weighted by Crippen LogP contribution is -2.43. The maximum atomic E-state index is 10.7. The van der Waals surface area contributed by atoms with Gasteiger partial charge >= 0.3 is 0 Å². The molecule has 3 atom stereocenters. The molecular formula is C13H14N2O2. The van der Waals surface area contributed by atoms with Crippen LogP contribution in [0.25, 0.3) is 0 Å². The van der Waals surface area contributed by atoms with E-state index < -0.39 is 0 Å². The lowest BCUT2D eigenvalue weighted by Gasteiger charge is -2.41. The van der Waals surface area contributed by atoms with Crippen LogP contribution in [0.2, 0.25) is 0 Å². The second-order valence-electron chi connectivity index (χ2n) is 4.80. The van der Waals surface area contributed by atoms with Crippen molar-refractivity contribution in [2.24, 2.45) is 11.8 Å². The molecule has 1 N–H and O–H groups in total. The van der Waals surface area contributed by atoms with Gasteiger partial charge in [-0.3, -0.25) is 10.1 Å². The normalized spacial score (nSPS) is 29.5. The van der Waals surface area contributed by atoms with Crippen molar-refractivity contribution in [3.63, 3.8) is 0 Å². The lowest BCUT2D eigenvalue weighted by molar-refractivity contribution is -0.384. The van der Waals surface area contributed by atoms with Gasteiger partial charge in [-0.05, 0) is 24.8 Å². The molecular weight excluding hydrogens is 216 g/mol. The topological polar surface area (TPSA) is 55.2 Å². The van der Waals surface area contributed by atoms with Gasteiger partial charge in [0.15, 0.2) is 0 Å². The van der Waals surface area contributed by atoms with Crippen LogP contribution in [-0.4, -0.2) is 11.0 Å². The molecule has 0 aliphatic heterocycles. The summed E-state index contributed by atoms with van der Waals surface area (Å²) in [7, 11) is 0. The minimum absolute atomic E-state index is 0.146. The van der Waals surface area contributed by atoms with Crippen LogP contribution in [0, 0.1) is 22.0 Å². The Morgan fingerprint density at radius 3 is 3.06 bits per heavy atom. The summed E-state index contributed by atoms with van der Waals surface area (Å²) in [6, 6.07) is 7.18. The maximum Gasteiger partial charge on any atom is 0.271 e. The summed E-state index contributed by atoms with van der Waals surface area (Å²) in [5, 5.41) is 14.1. The van der Waals surface area contributed by atoms with Crippen molar-refractivity contribution in [2.75, 3.05) is 5.32 Å². The van der Waals surface area contributed by atoms with E-state index in [9.17, 15) is 10.1 Å². The van der Waals surface area contributed by atoms with Crippen molar-refractivity contribution >= 4 is 11.4 Å². The standard InChI is InChI=1S/C13H14N2O2/c16-15(17)11-5-2-4-10(8-11)14-13-7-9-3-1-6-12(9)13/h1-2,4-6,8-9,12-14H,3,7H2. The fourth-order valence-corrected chi connectivity index (χ4v) is 2.81. The minimum Gasteiger partial charge on any atom is -0.381 e. The predicted molar refractivity (Wildman–Crippen MR) is 65.9 cm³/mol. The van der Waals surface area contributed by atoms with E-state index in [1.54, 1.807) is 12.1 Å². The van der Waals surface area contributed by atoms with Crippen LogP contribution in [0.4, 0.5) is 11.4 Å². The molecule has 17 heavy (non-hydrogen) atoms. The molecule has 0 bridgehead atoms. The molecule has 1 saturated carbocycles. The van der Waals surface area contributed by atoms with Gasteiger partial charge in [0.1, 0.15) is 0 Å². The van der Waals surface area contributed by atoms with Crippen molar-refractivity contribution < 1.29 is 4.92 Å². The van der Waals surface area contributed by atoms with Crippen molar-refractivity contribution in [1.29, 1.82) is 0 Å². The molecule has 0 heterocycles. The van der Waals surface area contributed by atoms with Gasteiger partial charge < -0.3 is 5.32 Å². The summed E-state index contributed by atoms with van der Waals surface area (Å²) in [6.45, 7) is 0. The van der Waals surface area contributed by atoms with E-state index in [0.717, 1.165) is 11.6 Å². The number of fused-ring (bicyclic) bond motifs is 1. The highest BCUT2D eigenvalue weighted by Gasteiger charge is 2.40. The first kappa shape index (κ1) is 10.3. The molecule has 1 aromatic rings. The fraction of sp³-hybridized carbons (Fsp3) is 0.385. The van der Waals surface area contributed by atoms with Crippen LogP contribution in [0.15, 0.2) is 36.4 Å². The third kappa shape index (κ3) is 1.79. The molecule has 88 valence electrons. The van der Waals surface area contributed by atoms with Gasteiger partial charge in [-0.2, -0.15) is 0 Å². The second-order valence-corrected chi connectivity index (χ2v) is 4.80. The van der Waals surface area contributed by atoms with Crippen LogP contribution >= 0.6 is 0 Å². The van der Waals surface area contributed by atoms with Crippen molar-refractivity contribution in [3.05, 3.63) is 46.5 Å². The van der Waals surface area contributed by atoms with Crippen LogP contribution in [0.3, 0.4) is 0 Å². The Morgan fingerprint density at radius 1 is 1.41 bits per heavy atom. The van der Waals surface area contributed by atoms with E-state index >= 15 is 0 Å². The Hall–Kier alpha value is -1.84. The van der Waals surface area contributed by atoms with Crippen LogP contribution in [0.1, 0.15) is 12.8 Å². The highest BCUT2D eigenvalue weighted by Crippen LogP contribution is 2.44. The molecule has 0 radical (unpaired) electrons. The number of nitro benzene ring substituents is 1. The van der Waals surface area contributed by atoms with Crippen LogP contribution in [-0.2, 0) is 0 Å². The van der Waals surface area contributed by atoms with E-state index in [4.69, 9.17) is 0 Å². The molecule has 3 rings (SSSR count). The highest BCUT2D eigenvalue weighted by atomic mass is 16.6. The SMILES string of the molecule is O=[N+]([O-])c1cccc(NC2CC3CC=CC32)c1. The van der Waals surface area contributed by atoms with Gasteiger partial charge in [-0.1, -0.05) is 18.2 Å². The fourth-order valence-electron chi connectivity index (χ4n) is 2.81. The van der Waals surface area contributed by atoms with E-state index in [-0.39, 0.29) is 10.6 Å². The second kappa shape index (κ2) is 3.87. The molecule has 3 unspecified atom stereocenters. The average molecular weight is 230 g/mol. The van der Waals surface area contributed by atoms with Crippen molar-refractivity contribution in [2.45, 2.75) is 18.9 Å².